The first-order valence-electron chi connectivity index (χ1n) is 6.58. The topological polar surface area (TPSA) is 50.9 Å². The van der Waals surface area contributed by atoms with Gasteiger partial charge in [-0.15, -0.1) is 0 Å². The van der Waals surface area contributed by atoms with Crippen LogP contribution >= 0.6 is 0 Å². The Morgan fingerprint density at radius 1 is 1.10 bits per heavy atom. The van der Waals surface area contributed by atoms with Crippen LogP contribution in [0.15, 0.2) is 42.5 Å². The minimum atomic E-state index is -4.42. The molecule has 3 nitrogen and oxygen atoms in total. The lowest BCUT2D eigenvalue weighted by atomic mass is 10.1. The van der Waals surface area contributed by atoms with Gasteiger partial charge in [-0.1, -0.05) is 30.3 Å². The zero-order valence-electron chi connectivity index (χ0n) is 11.3. The van der Waals surface area contributed by atoms with Gasteiger partial charge in [-0.3, -0.25) is 0 Å². The molecule has 0 saturated carbocycles. The Morgan fingerprint density at radius 2 is 1.81 bits per heavy atom. The van der Waals surface area contributed by atoms with E-state index in [4.69, 9.17) is 5.73 Å². The molecule has 0 saturated heterocycles. The van der Waals surface area contributed by atoms with Crippen LogP contribution in [0.5, 0.6) is 0 Å². The summed E-state index contributed by atoms with van der Waals surface area (Å²) < 4.78 is 37.9. The Balaban J connectivity index is 1.90. The van der Waals surface area contributed by atoms with E-state index in [0.29, 0.717) is 6.54 Å². The van der Waals surface area contributed by atoms with Crippen molar-refractivity contribution in [3.8, 4) is 0 Å². The van der Waals surface area contributed by atoms with Crippen molar-refractivity contribution in [2.45, 2.75) is 19.0 Å². The third-order valence-corrected chi connectivity index (χ3v) is 2.96. The van der Waals surface area contributed by atoms with E-state index in [2.05, 4.69) is 10.3 Å². The van der Waals surface area contributed by atoms with Crippen LogP contribution in [-0.2, 0) is 12.6 Å². The average Bonchev–Trinajstić information content (AvgIpc) is 2.43. The Hall–Kier alpha value is -2.24. The molecule has 0 radical (unpaired) electrons. The molecule has 0 atom stereocenters. The van der Waals surface area contributed by atoms with E-state index < -0.39 is 11.7 Å². The number of anilines is 2. The number of benzene rings is 1. The number of hydrogen-bond donors (Lipinski definition) is 2. The highest BCUT2D eigenvalue weighted by atomic mass is 19.4. The van der Waals surface area contributed by atoms with Gasteiger partial charge in [0, 0.05) is 6.54 Å². The van der Waals surface area contributed by atoms with Gasteiger partial charge in [-0.25, -0.2) is 4.98 Å². The number of nitrogen functional groups attached to an aromatic ring is 1. The van der Waals surface area contributed by atoms with Crippen LogP contribution in [0.4, 0.5) is 24.8 Å². The highest BCUT2D eigenvalue weighted by Gasteiger charge is 2.31. The van der Waals surface area contributed by atoms with Crippen LogP contribution in [-0.4, -0.2) is 11.5 Å². The Morgan fingerprint density at radius 3 is 2.48 bits per heavy atom. The lowest BCUT2D eigenvalue weighted by Gasteiger charge is -2.11. The van der Waals surface area contributed by atoms with Crippen molar-refractivity contribution in [2.75, 3.05) is 17.6 Å². The van der Waals surface area contributed by atoms with E-state index >= 15 is 0 Å². The van der Waals surface area contributed by atoms with Gasteiger partial charge in [0.15, 0.2) is 0 Å². The summed E-state index contributed by atoms with van der Waals surface area (Å²) in [6.07, 6.45) is -2.78. The number of nitrogens with one attached hydrogen (secondary N) is 1. The van der Waals surface area contributed by atoms with Gasteiger partial charge in [0.05, 0.1) is 5.56 Å². The van der Waals surface area contributed by atoms with Gasteiger partial charge in [0.25, 0.3) is 0 Å². The fourth-order valence-corrected chi connectivity index (χ4v) is 1.96. The zero-order chi connectivity index (χ0) is 15.3. The van der Waals surface area contributed by atoms with Crippen molar-refractivity contribution >= 4 is 11.6 Å². The summed E-state index contributed by atoms with van der Waals surface area (Å²) in [5.41, 5.74) is 5.80. The van der Waals surface area contributed by atoms with Crippen LogP contribution in [0.2, 0.25) is 0 Å². The molecule has 0 spiro atoms. The van der Waals surface area contributed by atoms with Crippen LogP contribution < -0.4 is 11.1 Å². The molecule has 0 fully saturated rings. The largest absolute Gasteiger partial charge is 0.416 e. The first-order chi connectivity index (χ1) is 9.95. The number of hydrogen-bond acceptors (Lipinski definition) is 3. The van der Waals surface area contributed by atoms with Gasteiger partial charge in [0.2, 0.25) is 0 Å². The van der Waals surface area contributed by atoms with Crippen LogP contribution in [0.1, 0.15) is 17.5 Å². The number of aromatic nitrogens is 1. The third kappa shape index (κ3) is 4.66. The van der Waals surface area contributed by atoms with E-state index in [1.54, 1.807) is 0 Å². The summed E-state index contributed by atoms with van der Waals surface area (Å²) in [4.78, 5) is 3.86. The molecule has 3 N–H and O–H groups in total. The Kier molecular flexibility index (Phi) is 4.67. The predicted octanol–water partition coefficient (Wildman–Crippen LogP) is 3.73. The second-order valence-electron chi connectivity index (χ2n) is 4.68. The van der Waals surface area contributed by atoms with Gasteiger partial charge >= 0.3 is 6.18 Å². The number of halogens is 3. The lowest BCUT2D eigenvalue weighted by Crippen LogP contribution is -2.10. The highest BCUT2D eigenvalue weighted by molar-refractivity contribution is 5.47. The Bertz CT molecular complexity index is 582. The van der Waals surface area contributed by atoms with Crippen molar-refractivity contribution in [1.82, 2.24) is 4.98 Å². The van der Waals surface area contributed by atoms with Gasteiger partial charge in [-0.2, -0.15) is 13.2 Å². The maximum absolute atomic E-state index is 12.6. The normalized spacial score (nSPS) is 11.4. The first-order valence-corrected chi connectivity index (χ1v) is 6.58. The maximum atomic E-state index is 12.6. The molecule has 0 aliphatic carbocycles. The predicted molar refractivity (Wildman–Crippen MR) is 76.9 cm³/mol. The Labute approximate surface area is 121 Å². The quantitative estimate of drug-likeness (QED) is 0.826. The molecule has 0 amide bonds. The van der Waals surface area contributed by atoms with E-state index in [-0.39, 0.29) is 11.6 Å². The van der Waals surface area contributed by atoms with E-state index in [1.165, 1.54) is 5.56 Å². The fourth-order valence-electron chi connectivity index (χ4n) is 1.96. The molecule has 2 aromatic rings. The number of alkyl halides is 3. The molecule has 1 aromatic heterocycles. The van der Waals surface area contributed by atoms with Crippen molar-refractivity contribution in [3.63, 3.8) is 0 Å². The molecular weight excluding hydrogens is 279 g/mol. The second-order valence-corrected chi connectivity index (χ2v) is 4.68. The lowest BCUT2D eigenvalue weighted by molar-refractivity contribution is -0.137. The summed E-state index contributed by atoms with van der Waals surface area (Å²) in [5, 5.41) is 2.88. The van der Waals surface area contributed by atoms with Crippen molar-refractivity contribution < 1.29 is 13.2 Å². The van der Waals surface area contributed by atoms with Crippen molar-refractivity contribution in [3.05, 3.63) is 53.6 Å². The van der Waals surface area contributed by atoms with Gasteiger partial charge < -0.3 is 11.1 Å². The van der Waals surface area contributed by atoms with E-state index in [0.717, 1.165) is 25.0 Å². The van der Waals surface area contributed by atoms with Crippen molar-refractivity contribution in [1.29, 1.82) is 0 Å². The third-order valence-electron chi connectivity index (χ3n) is 2.96. The molecule has 2 rings (SSSR count). The molecule has 0 aliphatic heterocycles. The summed E-state index contributed by atoms with van der Waals surface area (Å²) in [6.45, 7) is 0.530. The maximum Gasteiger partial charge on any atom is 0.416 e. The summed E-state index contributed by atoms with van der Waals surface area (Å²) >= 11 is 0. The molecule has 1 heterocycles. The number of nitrogens with two attached hydrogens (primary N) is 1. The molecule has 1 aromatic carbocycles. The minimum Gasteiger partial charge on any atom is -0.384 e. The van der Waals surface area contributed by atoms with Gasteiger partial charge in [0.1, 0.15) is 11.6 Å². The standard InChI is InChI=1S/C15H16F3N3/c16-15(17,18)12-9-13(19)21-14(10-12)20-8-4-7-11-5-2-1-3-6-11/h1-3,5-6,9-10H,4,7-8H2,(H3,19,20,21). The summed E-state index contributed by atoms with van der Waals surface area (Å²) in [5.74, 6) is 0.00534. The zero-order valence-corrected chi connectivity index (χ0v) is 11.3. The average molecular weight is 295 g/mol. The van der Waals surface area contributed by atoms with Gasteiger partial charge in [-0.05, 0) is 30.5 Å². The molecule has 0 bridgehead atoms. The molecule has 0 aliphatic rings. The smallest absolute Gasteiger partial charge is 0.384 e. The number of nitrogens with zero attached hydrogens (tertiary/aromatic N) is 1. The molecule has 21 heavy (non-hydrogen) atoms. The molecule has 6 heteroatoms. The molecular formula is C15H16F3N3. The molecule has 112 valence electrons. The summed E-state index contributed by atoms with van der Waals surface area (Å²) in [6, 6.07) is 11.7. The monoisotopic (exact) mass is 295 g/mol. The minimum absolute atomic E-state index is 0.143. The van der Waals surface area contributed by atoms with Crippen LogP contribution in [0.3, 0.4) is 0 Å². The van der Waals surface area contributed by atoms with E-state index in [1.807, 2.05) is 30.3 Å². The number of aryl methyl sites for hydroxylation is 1. The first kappa shape index (κ1) is 15.2. The SMILES string of the molecule is Nc1cc(C(F)(F)F)cc(NCCCc2ccccc2)n1. The number of pyridine rings is 1. The summed E-state index contributed by atoms with van der Waals surface area (Å²) in [7, 11) is 0. The van der Waals surface area contributed by atoms with Crippen LogP contribution in [0.25, 0.3) is 0 Å². The second kappa shape index (κ2) is 6.47. The van der Waals surface area contributed by atoms with Crippen LogP contribution in [0, 0.1) is 0 Å². The van der Waals surface area contributed by atoms with E-state index in [9.17, 15) is 13.2 Å². The fraction of sp³-hybridized carbons (Fsp3) is 0.267. The van der Waals surface area contributed by atoms with Crippen molar-refractivity contribution in [2.24, 2.45) is 0 Å². The molecule has 0 unspecified atom stereocenters. The highest BCUT2D eigenvalue weighted by Crippen LogP contribution is 2.31. The number of rotatable bonds is 5.